The number of pyridine rings is 1. The predicted molar refractivity (Wildman–Crippen MR) is 85.5 cm³/mol. The Morgan fingerprint density at radius 2 is 2.17 bits per heavy atom. The van der Waals surface area contributed by atoms with E-state index in [1.807, 2.05) is 0 Å². The van der Waals surface area contributed by atoms with Crippen molar-refractivity contribution in [3.8, 4) is 22.6 Å². The predicted octanol–water partition coefficient (Wildman–Crippen LogP) is 1.53. The van der Waals surface area contributed by atoms with E-state index in [4.69, 9.17) is 15.3 Å². The third kappa shape index (κ3) is 3.14. The Labute approximate surface area is 132 Å². The van der Waals surface area contributed by atoms with Crippen molar-refractivity contribution in [1.29, 1.82) is 0 Å². The molecule has 0 aromatic carbocycles. The maximum atomic E-state index is 11.9. The highest BCUT2D eigenvalue weighted by atomic mass is 16.3. The number of hydrogen-bond donors (Lipinski definition) is 2. The lowest BCUT2D eigenvalue weighted by Crippen LogP contribution is -2.19. The number of aryl methyl sites for hydroxylation is 1. The molecular weight excluding hydrogens is 296 g/mol. The van der Waals surface area contributed by atoms with Crippen LogP contribution >= 0.6 is 0 Å². The molecule has 0 saturated carbocycles. The van der Waals surface area contributed by atoms with Gasteiger partial charge in [-0.2, -0.15) is 0 Å². The van der Waals surface area contributed by atoms with E-state index in [1.165, 1.54) is 6.07 Å². The minimum absolute atomic E-state index is 0.0271. The molecule has 0 unspecified atom stereocenters. The molecule has 0 aliphatic rings. The first-order valence-electron chi connectivity index (χ1n) is 7.17. The second kappa shape index (κ2) is 6.45. The molecule has 0 amide bonds. The zero-order chi connectivity index (χ0) is 16.2. The molecular formula is C16H16N4O3. The van der Waals surface area contributed by atoms with Crippen LogP contribution in [0.1, 0.15) is 6.42 Å². The van der Waals surface area contributed by atoms with E-state index >= 15 is 0 Å². The Morgan fingerprint density at radius 3 is 2.91 bits per heavy atom. The van der Waals surface area contributed by atoms with E-state index < -0.39 is 0 Å². The molecule has 0 aliphatic heterocycles. The molecule has 3 heterocycles. The van der Waals surface area contributed by atoms with Gasteiger partial charge in [0.25, 0.3) is 5.56 Å². The summed E-state index contributed by atoms with van der Waals surface area (Å²) in [5.41, 5.74) is 7.61. The van der Waals surface area contributed by atoms with Crippen molar-refractivity contribution in [2.24, 2.45) is 0 Å². The summed E-state index contributed by atoms with van der Waals surface area (Å²) in [4.78, 5) is 20.2. The molecule has 0 atom stereocenters. The van der Waals surface area contributed by atoms with Crippen molar-refractivity contribution in [1.82, 2.24) is 14.5 Å². The molecule has 7 nitrogen and oxygen atoms in total. The van der Waals surface area contributed by atoms with Crippen molar-refractivity contribution in [2.75, 3.05) is 12.3 Å². The van der Waals surface area contributed by atoms with Crippen LogP contribution in [0.4, 0.5) is 5.95 Å². The van der Waals surface area contributed by atoms with Gasteiger partial charge in [-0.15, -0.1) is 0 Å². The van der Waals surface area contributed by atoms with Crippen molar-refractivity contribution < 1.29 is 9.52 Å². The summed E-state index contributed by atoms with van der Waals surface area (Å²) in [6, 6.07) is 6.74. The highest BCUT2D eigenvalue weighted by molar-refractivity contribution is 5.78. The molecule has 7 heteroatoms. The first kappa shape index (κ1) is 15.0. The van der Waals surface area contributed by atoms with E-state index in [9.17, 15) is 4.79 Å². The monoisotopic (exact) mass is 312 g/mol. The molecule has 0 saturated heterocycles. The molecule has 3 rings (SSSR count). The van der Waals surface area contributed by atoms with E-state index in [1.54, 1.807) is 41.4 Å². The fraction of sp³-hybridized carbons (Fsp3) is 0.188. The average molecular weight is 312 g/mol. The number of anilines is 1. The Balaban J connectivity index is 2.10. The number of furan rings is 1. The molecule has 0 aliphatic carbocycles. The van der Waals surface area contributed by atoms with Gasteiger partial charge in [0.15, 0.2) is 5.76 Å². The van der Waals surface area contributed by atoms with Gasteiger partial charge in [0.2, 0.25) is 5.95 Å². The van der Waals surface area contributed by atoms with Crippen molar-refractivity contribution in [2.45, 2.75) is 13.0 Å². The maximum Gasteiger partial charge on any atom is 0.250 e. The van der Waals surface area contributed by atoms with Crippen LogP contribution in [0.5, 0.6) is 0 Å². The van der Waals surface area contributed by atoms with Crippen molar-refractivity contribution in [3.63, 3.8) is 0 Å². The molecule has 3 N–H and O–H groups in total. The van der Waals surface area contributed by atoms with E-state index in [-0.39, 0.29) is 18.1 Å². The summed E-state index contributed by atoms with van der Waals surface area (Å²) in [6.07, 6.45) is 5.39. The molecule has 118 valence electrons. The SMILES string of the molecule is Nc1ncc(-c2ccc(=O)n(CCCO)c2)c(-c2ccco2)n1. The molecule has 0 spiro atoms. The number of aliphatic hydroxyl groups excluding tert-OH is 1. The van der Waals surface area contributed by atoms with Crippen LogP contribution in [-0.2, 0) is 6.54 Å². The van der Waals surface area contributed by atoms with Gasteiger partial charge in [-0.05, 0) is 24.6 Å². The summed E-state index contributed by atoms with van der Waals surface area (Å²) in [6.45, 7) is 0.467. The molecule has 3 aromatic heterocycles. The van der Waals surface area contributed by atoms with E-state index in [0.29, 0.717) is 30.0 Å². The van der Waals surface area contributed by atoms with Crippen molar-refractivity contribution in [3.05, 3.63) is 53.3 Å². The maximum absolute atomic E-state index is 11.9. The summed E-state index contributed by atoms with van der Waals surface area (Å²) in [7, 11) is 0. The van der Waals surface area contributed by atoms with Crippen molar-refractivity contribution >= 4 is 5.95 Å². The normalized spacial score (nSPS) is 10.8. The number of rotatable bonds is 5. The number of nitrogen functional groups attached to an aromatic ring is 1. The van der Waals surface area contributed by atoms with Gasteiger partial charge in [-0.3, -0.25) is 4.79 Å². The molecule has 3 aromatic rings. The van der Waals surface area contributed by atoms with Gasteiger partial charge < -0.3 is 19.8 Å². The lowest BCUT2D eigenvalue weighted by molar-refractivity contribution is 0.279. The minimum Gasteiger partial charge on any atom is -0.463 e. The first-order chi connectivity index (χ1) is 11.2. The first-order valence-corrected chi connectivity index (χ1v) is 7.17. The van der Waals surface area contributed by atoms with Crippen LogP contribution in [0.15, 0.2) is 52.1 Å². The lowest BCUT2D eigenvalue weighted by atomic mass is 10.1. The van der Waals surface area contributed by atoms with Gasteiger partial charge in [-0.1, -0.05) is 0 Å². The number of nitrogens with zero attached hydrogens (tertiary/aromatic N) is 3. The van der Waals surface area contributed by atoms with Crippen LogP contribution in [-0.4, -0.2) is 26.2 Å². The number of nitrogens with two attached hydrogens (primary N) is 1. The quantitative estimate of drug-likeness (QED) is 0.740. The largest absolute Gasteiger partial charge is 0.463 e. The molecule has 0 bridgehead atoms. The van der Waals surface area contributed by atoms with Crippen LogP contribution in [0.3, 0.4) is 0 Å². The molecule has 0 radical (unpaired) electrons. The van der Waals surface area contributed by atoms with Gasteiger partial charge >= 0.3 is 0 Å². The van der Waals surface area contributed by atoms with E-state index in [2.05, 4.69) is 9.97 Å². The van der Waals surface area contributed by atoms with Crippen LogP contribution < -0.4 is 11.3 Å². The van der Waals surface area contributed by atoms with Gasteiger partial charge in [0, 0.05) is 42.7 Å². The second-order valence-corrected chi connectivity index (χ2v) is 4.99. The van der Waals surface area contributed by atoms with E-state index in [0.717, 1.165) is 5.56 Å². The fourth-order valence-corrected chi connectivity index (χ4v) is 2.31. The highest BCUT2D eigenvalue weighted by Gasteiger charge is 2.14. The zero-order valence-electron chi connectivity index (χ0n) is 12.3. The summed E-state index contributed by atoms with van der Waals surface area (Å²) in [5.74, 6) is 0.718. The standard InChI is InChI=1S/C16H16N4O3/c17-16-18-9-12(15(19-16)13-3-1-8-23-13)11-4-5-14(22)20(10-11)6-2-7-21/h1,3-5,8-10,21H,2,6-7H2,(H2,17,18,19). The van der Waals surface area contributed by atoms with Crippen LogP contribution in [0.2, 0.25) is 0 Å². The Hall–Kier alpha value is -2.93. The third-order valence-electron chi connectivity index (χ3n) is 3.41. The smallest absolute Gasteiger partial charge is 0.250 e. The Bertz CT molecular complexity index is 856. The van der Waals surface area contributed by atoms with Crippen LogP contribution in [0, 0.1) is 0 Å². The lowest BCUT2D eigenvalue weighted by Gasteiger charge is -2.10. The van der Waals surface area contributed by atoms with Gasteiger partial charge in [0.05, 0.1) is 6.26 Å². The highest BCUT2D eigenvalue weighted by Crippen LogP contribution is 2.30. The average Bonchev–Trinajstić information content (AvgIpc) is 3.08. The third-order valence-corrected chi connectivity index (χ3v) is 3.41. The van der Waals surface area contributed by atoms with Gasteiger partial charge in [0.1, 0.15) is 5.69 Å². The fourth-order valence-electron chi connectivity index (χ4n) is 2.31. The zero-order valence-corrected chi connectivity index (χ0v) is 12.3. The second-order valence-electron chi connectivity index (χ2n) is 4.99. The molecule has 0 fully saturated rings. The summed E-state index contributed by atoms with van der Waals surface area (Å²) < 4.78 is 6.96. The molecule has 23 heavy (non-hydrogen) atoms. The number of aliphatic hydroxyl groups is 1. The Kier molecular flexibility index (Phi) is 4.20. The Morgan fingerprint density at radius 1 is 1.30 bits per heavy atom. The summed E-state index contributed by atoms with van der Waals surface area (Å²) in [5, 5.41) is 8.94. The number of hydrogen-bond acceptors (Lipinski definition) is 6. The van der Waals surface area contributed by atoms with Gasteiger partial charge in [-0.25, -0.2) is 9.97 Å². The minimum atomic E-state index is -0.127. The number of aromatic nitrogens is 3. The summed E-state index contributed by atoms with van der Waals surface area (Å²) >= 11 is 0. The topological polar surface area (TPSA) is 107 Å². The van der Waals surface area contributed by atoms with Crippen LogP contribution in [0.25, 0.3) is 22.6 Å².